The van der Waals surface area contributed by atoms with E-state index >= 15 is 0 Å². The van der Waals surface area contributed by atoms with E-state index in [1.807, 2.05) is 6.92 Å². The molecule has 0 saturated heterocycles. The molecule has 0 amide bonds. The topological polar surface area (TPSA) is 26.3 Å². The lowest BCUT2D eigenvalue weighted by atomic mass is 9.96. The van der Waals surface area contributed by atoms with Gasteiger partial charge in [0.1, 0.15) is 0 Å². The molecule has 108 valence electrons. The second kappa shape index (κ2) is 5.59. The predicted molar refractivity (Wildman–Crippen MR) is 79.7 cm³/mol. The fourth-order valence-corrected chi connectivity index (χ4v) is 3.00. The molecule has 20 heavy (non-hydrogen) atoms. The highest BCUT2D eigenvalue weighted by molar-refractivity contribution is 5.79. The fourth-order valence-electron chi connectivity index (χ4n) is 3.00. The van der Waals surface area contributed by atoms with Crippen LogP contribution in [0, 0.1) is 5.41 Å². The largest absolute Gasteiger partial charge is 0.466 e. The summed E-state index contributed by atoms with van der Waals surface area (Å²) in [6, 6.07) is 9.09. The molecule has 0 N–H and O–H groups in total. The Morgan fingerprint density at radius 2 is 1.95 bits per heavy atom. The maximum Gasteiger partial charge on any atom is 0.312 e. The first-order chi connectivity index (χ1) is 9.73. The average Bonchev–Trinajstić information content (AvgIpc) is 3.34. The lowest BCUT2D eigenvalue weighted by molar-refractivity contribution is -0.150. The van der Waals surface area contributed by atoms with Gasteiger partial charge in [0, 0.05) is 0 Å². The normalized spacial score (nSPS) is 19.6. The van der Waals surface area contributed by atoms with E-state index in [4.69, 9.17) is 4.74 Å². The summed E-state index contributed by atoms with van der Waals surface area (Å²) in [7, 11) is 0. The van der Waals surface area contributed by atoms with E-state index in [0.29, 0.717) is 6.61 Å². The van der Waals surface area contributed by atoms with Gasteiger partial charge in [-0.05, 0) is 68.9 Å². The van der Waals surface area contributed by atoms with Crippen molar-refractivity contribution >= 4 is 5.97 Å². The van der Waals surface area contributed by atoms with E-state index in [2.05, 4.69) is 24.3 Å². The zero-order chi connectivity index (χ0) is 14.0. The Kier molecular flexibility index (Phi) is 3.82. The monoisotopic (exact) mass is 272 g/mol. The lowest BCUT2D eigenvalue weighted by Gasteiger charge is -2.13. The molecule has 0 aromatic heterocycles. The van der Waals surface area contributed by atoms with Gasteiger partial charge in [-0.25, -0.2) is 0 Å². The van der Waals surface area contributed by atoms with Gasteiger partial charge >= 0.3 is 5.97 Å². The Morgan fingerprint density at radius 1 is 1.25 bits per heavy atom. The second-order valence-electron chi connectivity index (χ2n) is 6.37. The van der Waals surface area contributed by atoms with Gasteiger partial charge in [-0.2, -0.15) is 0 Å². The summed E-state index contributed by atoms with van der Waals surface area (Å²) in [5, 5.41) is 0. The molecular weight excluding hydrogens is 248 g/mol. The molecule has 0 aliphatic heterocycles. The summed E-state index contributed by atoms with van der Waals surface area (Å²) in [6.45, 7) is 2.39. The van der Waals surface area contributed by atoms with Crippen molar-refractivity contribution in [3.63, 3.8) is 0 Å². The molecule has 0 unspecified atom stereocenters. The Labute approximate surface area is 121 Å². The van der Waals surface area contributed by atoms with Crippen LogP contribution >= 0.6 is 0 Å². The quantitative estimate of drug-likeness (QED) is 0.694. The van der Waals surface area contributed by atoms with Crippen LogP contribution in [0.1, 0.15) is 62.5 Å². The first-order valence-corrected chi connectivity index (χ1v) is 7.99. The van der Waals surface area contributed by atoms with Crippen molar-refractivity contribution in [1.82, 2.24) is 0 Å². The first kappa shape index (κ1) is 13.7. The van der Waals surface area contributed by atoms with Crippen molar-refractivity contribution in [3.05, 3.63) is 35.4 Å². The molecule has 2 heteroatoms. The number of carbonyl (C=O) groups is 1. The third-order valence-electron chi connectivity index (χ3n) is 4.71. The summed E-state index contributed by atoms with van der Waals surface area (Å²) in [6.07, 6.45) is 7.91. The van der Waals surface area contributed by atoms with Crippen LogP contribution in [0.4, 0.5) is 0 Å². The van der Waals surface area contributed by atoms with Crippen molar-refractivity contribution in [1.29, 1.82) is 0 Å². The Hall–Kier alpha value is -1.31. The first-order valence-electron chi connectivity index (χ1n) is 7.99. The molecule has 2 fully saturated rings. The zero-order valence-corrected chi connectivity index (χ0v) is 12.4. The number of rotatable bonds is 7. The highest BCUT2D eigenvalue weighted by Crippen LogP contribution is 2.50. The molecule has 2 saturated carbocycles. The Morgan fingerprint density at radius 3 is 2.50 bits per heavy atom. The number of benzene rings is 1. The molecule has 1 aromatic rings. The van der Waals surface area contributed by atoms with E-state index in [-0.39, 0.29) is 11.4 Å². The van der Waals surface area contributed by atoms with Crippen molar-refractivity contribution in [2.24, 2.45) is 5.41 Å². The van der Waals surface area contributed by atoms with Gasteiger partial charge in [0.25, 0.3) is 0 Å². The van der Waals surface area contributed by atoms with Crippen LogP contribution in [0.5, 0.6) is 0 Å². The maximum atomic E-state index is 11.9. The smallest absolute Gasteiger partial charge is 0.312 e. The number of esters is 1. The molecule has 1 aromatic carbocycles. The molecule has 0 bridgehead atoms. The van der Waals surface area contributed by atoms with E-state index in [1.165, 1.54) is 24.0 Å². The number of ether oxygens (including phenoxy) is 1. The number of aryl methyl sites for hydroxylation is 1. The molecule has 0 heterocycles. The number of hydrogen-bond acceptors (Lipinski definition) is 2. The third kappa shape index (κ3) is 3.05. The van der Waals surface area contributed by atoms with Crippen molar-refractivity contribution in [3.8, 4) is 0 Å². The molecule has 2 aliphatic rings. The Bertz CT molecular complexity index is 467. The third-order valence-corrected chi connectivity index (χ3v) is 4.71. The molecule has 2 aliphatic carbocycles. The minimum atomic E-state index is -0.121. The van der Waals surface area contributed by atoms with Crippen LogP contribution in [0.15, 0.2) is 24.3 Å². The van der Waals surface area contributed by atoms with Crippen molar-refractivity contribution in [2.45, 2.75) is 57.8 Å². The van der Waals surface area contributed by atoms with Crippen LogP contribution in [0.3, 0.4) is 0 Å². The van der Waals surface area contributed by atoms with Crippen LogP contribution in [0.25, 0.3) is 0 Å². The van der Waals surface area contributed by atoms with Crippen LogP contribution in [0.2, 0.25) is 0 Å². The van der Waals surface area contributed by atoms with E-state index in [1.54, 1.807) is 0 Å². The van der Waals surface area contributed by atoms with Gasteiger partial charge in [0.15, 0.2) is 0 Å². The van der Waals surface area contributed by atoms with Crippen LogP contribution in [-0.4, -0.2) is 12.6 Å². The summed E-state index contributed by atoms with van der Waals surface area (Å²) in [4.78, 5) is 11.9. The van der Waals surface area contributed by atoms with Gasteiger partial charge in [-0.3, -0.25) is 4.79 Å². The fraction of sp³-hybridized carbons (Fsp3) is 0.611. The summed E-state index contributed by atoms with van der Waals surface area (Å²) in [5.74, 6) is 0.867. The molecule has 0 atom stereocenters. The Balaban J connectivity index is 1.46. The van der Waals surface area contributed by atoms with Crippen molar-refractivity contribution < 1.29 is 9.53 Å². The second-order valence-corrected chi connectivity index (χ2v) is 6.37. The van der Waals surface area contributed by atoms with Gasteiger partial charge in [0.05, 0.1) is 12.0 Å². The molecule has 0 spiro atoms. The number of hydrogen-bond donors (Lipinski definition) is 0. The minimum absolute atomic E-state index is 0.0316. The predicted octanol–water partition coefficient (Wildman–Crippen LogP) is 4.23. The van der Waals surface area contributed by atoms with Crippen LogP contribution < -0.4 is 0 Å². The summed E-state index contributed by atoms with van der Waals surface area (Å²) >= 11 is 0. The van der Waals surface area contributed by atoms with E-state index in [9.17, 15) is 4.79 Å². The summed E-state index contributed by atoms with van der Waals surface area (Å²) in [5.41, 5.74) is 2.78. The van der Waals surface area contributed by atoms with Gasteiger partial charge in [0.2, 0.25) is 0 Å². The molecule has 3 rings (SSSR count). The van der Waals surface area contributed by atoms with Gasteiger partial charge in [-0.1, -0.05) is 24.3 Å². The number of carbonyl (C=O) groups excluding carboxylic acids is 1. The van der Waals surface area contributed by atoms with E-state index in [0.717, 1.165) is 38.0 Å². The highest BCUT2D eigenvalue weighted by Gasteiger charge is 2.50. The molecular formula is C18H24O2. The molecule has 2 nitrogen and oxygen atoms in total. The van der Waals surface area contributed by atoms with Gasteiger partial charge in [-0.15, -0.1) is 0 Å². The van der Waals surface area contributed by atoms with E-state index < -0.39 is 0 Å². The van der Waals surface area contributed by atoms with Crippen molar-refractivity contribution in [2.75, 3.05) is 6.61 Å². The highest BCUT2D eigenvalue weighted by atomic mass is 16.5. The average molecular weight is 272 g/mol. The lowest BCUT2D eigenvalue weighted by Crippen LogP contribution is -2.19. The van der Waals surface area contributed by atoms with Gasteiger partial charge < -0.3 is 4.74 Å². The zero-order valence-electron chi connectivity index (χ0n) is 12.4. The minimum Gasteiger partial charge on any atom is -0.466 e. The maximum absolute atomic E-state index is 11.9. The standard InChI is InChI=1S/C18H24O2/c1-2-20-17(19)18(12-13-18)11-3-4-14-5-7-15(8-6-14)16-9-10-16/h5-8,16H,2-4,9-13H2,1H3. The molecule has 0 radical (unpaired) electrons. The summed E-state index contributed by atoms with van der Waals surface area (Å²) < 4.78 is 5.18. The van der Waals surface area contributed by atoms with Crippen LogP contribution in [-0.2, 0) is 16.0 Å². The SMILES string of the molecule is CCOC(=O)C1(CCCc2ccc(C3CC3)cc2)CC1.